The van der Waals surface area contributed by atoms with Crippen molar-refractivity contribution in [3.63, 3.8) is 0 Å². The molecule has 0 spiro atoms. The number of anilines is 2. The topological polar surface area (TPSA) is 40.6 Å². The molecule has 0 aliphatic carbocycles. The van der Waals surface area contributed by atoms with E-state index >= 15 is 0 Å². The van der Waals surface area contributed by atoms with Gasteiger partial charge in [0, 0.05) is 12.2 Å². The largest absolute Gasteiger partial charge is 0.336 e. The van der Waals surface area contributed by atoms with Crippen molar-refractivity contribution in [3.05, 3.63) is 100 Å². The standard InChI is InChI=1S/C28H26N2O2/c1-18-11-14-22(15-12-18)25-26(29-16-6-8-21-7-4-5-9-23(21)29)28(32)30(27(25)31)24-17-19(2)10-13-20(24)3/h4-5,7,9-15,17H,6,8,16H2,1-3H3. The quantitative estimate of drug-likeness (QED) is 0.534. The first-order valence-electron chi connectivity index (χ1n) is 11.1. The molecule has 0 aromatic heterocycles. The minimum Gasteiger partial charge on any atom is -0.336 e. The lowest BCUT2D eigenvalue weighted by Gasteiger charge is -2.32. The van der Waals surface area contributed by atoms with Crippen LogP contribution in [0.1, 0.15) is 34.2 Å². The molecule has 4 heteroatoms. The third-order valence-corrected chi connectivity index (χ3v) is 6.39. The average molecular weight is 423 g/mol. The Kier molecular flexibility index (Phi) is 4.93. The summed E-state index contributed by atoms with van der Waals surface area (Å²) >= 11 is 0. The number of imide groups is 1. The minimum absolute atomic E-state index is 0.254. The van der Waals surface area contributed by atoms with Gasteiger partial charge in [-0.1, -0.05) is 60.2 Å². The molecule has 0 atom stereocenters. The summed E-state index contributed by atoms with van der Waals surface area (Å²) in [6.45, 7) is 6.64. The first-order valence-corrected chi connectivity index (χ1v) is 11.1. The Labute approximate surface area is 188 Å². The number of carbonyl (C=O) groups is 2. The summed E-state index contributed by atoms with van der Waals surface area (Å²) < 4.78 is 0. The zero-order chi connectivity index (χ0) is 22.4. The molecule has 0 saturated heterocycles. The fraction of sp³-hybridized carbons (Fsp3) is 0.214. The first kappa shape index (κ1) is 20.3. The number of fused-ring (bicyclic) bond motifs is 1. The Hall–Kier alpha value is -3.66. The van der Waals surface area contributed by atoms with E-state index in [0.717, 1.165) is 40.8 Å². The monoisotopic (exact) mass is 422 g/mol. The van der Waals surface area contributed by atoms with Gasteiger partial charge in [0.15, 0.2) is 0 Å². The van der Waals surface area contributed by atoms with E-state index in [4.69, 9.17) is 0 Å². The molecule has 2 aliphatic heterocycles. The highest BCUT2D eigenvalue weighted by Crippen LogP contribution is 2.40. The van der Waals surface area contributed by atoms with Gasteiger partial charge in [-0.2, -0.15) is 0 Å². The average Bonchev–Trinajstić information content (AvgIpc) is 3.05. The van der Waals surface area contributed by atoms with Crippen LogP contribution in [0, 0.1) is 20.8 Å². The molecular weight excluding hydrogens is 396 g/mol. The van der Waals surface area contributed by atoms with Crippen LogP contribution in [0.15, 0.2) is 72.4 Å². The first-order chi connectivity index (χ1) is 15.5. The van der Waals surface area contributed by atoms with E-state index in [-0.39, 0.29) is 11.8 Å². The second-order valence-corrected chi connectivity index (χ2v) is 8.71. The van der Waals surface area contributed by atoms with Gasteiger partial charge in [-0.3, -0.25) is 9.59 Å². The molecule has 2 amide bonds. The Morgan fingerprint density at radius 3 is 2.25 bits per heavy atom. The normalized spacial score (nSPS) is 16.1. The van der Waals surface area contributed by atoms with E-state index in [1.54, 1.807) is 0 Å². The predicted octanol–water partition coefficient (Wildman–Crippen LogP) is 5.35. The number of rotatable bonds is 3. The lowest BCUT2D eigenvalue weighted by molar-refractivity contribution is -0.120. The highest BCUT2D eigenvalue weighted by molar-refractivity contribution is 6.46. The van der Waals surface area contributed by atoms with Crippen LogP contribution in [-0.4, -0.2) is 18.4 Å². The van der Waals surface area contributed by atoms with Gasteiger partial charge in [-0.15, -0.1) is 0 Å². The molecule has 5 rings (SSSR count). The number of benzene rings is 3. The SMILES string of the molecule is Cc1ccc(C2=C(N3CCCc4ccccc43)C(=O)N(c3cc(C)ccc3C)C2=O)cc1. The number of amides is 2. The van der Waals surface area contributed by atoms with Crippen LogP contribution in [0.2, 0.25) is 0 Å². The van der Waals surface area contributed by atoms with E-state index in [2.05, 4.69) is 11.0 Å². The molecule has 2 heterocycles. The van der Waals surface area contributed by atoms with E-state index in [9.17, 15) is 9.59 Å². The molecule has 0 saturated carbocycles. The van der Waals surface area contributed by atoms with Gasteiger partial charge in [0.05, 0.1) is 11.3 Å². The Balaban J connectivity index is 1.72. The van der Waals surface area contributed by atoms with Gasteiger partial charge >= 0.3 is 0 Å². The smallest absolute Gasteiger partial charge is 0.282 e. The molecule has 3 aromatic rings. The molecular formula is C28H26N2O2. The Morgan fingerprint density at radius 1 is 0.750 bits per heavy atom. The molecule has 0 N–H and O–H groups in total. The van der Waals surface area contributed by atoms with E-state index in [0.29, 0.717) is 23.5 Å². The van der Waals surface area contributed by atoms with Crippen molar-refractivity contribution < 1.29 is 9.59 Å². The van der Waals surface area contributed by atoms with E-state index in [1.807, 2.05) is 81.4 Å². The lowest BCUT2D eigenvalue weighted by atomic mass is 9.98. The maximum atomic E-state index is 13.9. The van der Waals surface area contributed by atoms with E-state index in [1.165, 1.54) is 10.5 Å². The van der Waals surface area contributed by atoms with Gasteiger partial charge < -0.3 is 4.90 Å². The summed E-state index contributed by atoms with van der Waals surface area (Å²) in [5.74, 6) is -0.512. The van der Waals surface area contributed by atoms with Crippen molar-refractivity contribution in [2.75, 3.05) is 16.3 Å². The van der Waals surface area contributed by atoms with Crippen molar-refractivity contribution in [2.24, 2.45) is 0 Å². The molecule has 32 heavy (non-hydrogen) atoms. The summed E-state index contributed by atoms with van der Waals surface area (Å²) in [5, 5.41) is 0. The third-order valence-electron chi connectivity index (χ3n) is 6.39. The summed E-state index contributed by atoms with van der Waals surface area (Å²) in [4.78, 5) is 31.2. The Bertz CT molecular complexity index is 1270. The number of aryl methyl sites for hydroxylation is 4. The third kappa shape index (κ3) is 3.23. The van der Waals surface area contributed by atoms with Crippen molar-refractivity contribution in [1.29, 1.82) is 0 Å². The van der Waals surface area contributed by atoms with Crippen LogP contribution in [0.25, 0.3) is 5.57 Å². The molecule has 2 aliphatic rings. The maximum absolute atomic E-state index is 13.9. The molecule has 0 fully saturated rings. The van der Waals surface area contributed by atoms with Crippen LogP contribution in [0.3, 0.4) is 0 Å². The van der Waals surface area contributed by atoms with Crippen LogP contribution in [0.5, 0.6) is 0 Å². The molecule has 3 aromatic carbocycles. The van der Waals surface area contributed by atoms with Crippen LogP contribution in [-0.2, 0) is 16.0 Å². The van der Waals surface area contributed by atoms with Crippen LogP contribution >= 0.6 is 0 Å². The molecule has 0 radical (unpaired) electrons. The summed E-state index contributed by atoms with van der Waals surface area (Å²) in [5.41, 5.74) is 7.65. The highest BCUT2D eigenvalue weighted by atomic mass is 16.2. The Morgan fingerprint density at radius 2 is 1.47 bits per heavy atom. The summed E-state index contributed by atoms with van der Waals surface area (Å²) in [6, 6.07) is 21.9. The number of nitrogens with zero attached hydrogens (tertiary/aromatic N) is 2. The minimum atomic E-state index is -0.259. The van der Waals surface area contributed by atoms with Gasteiger partial charge in [0.2, 0.25) is 0 Å². The highest BCUT2D eigenvalue weighted by Gasteiger charge is 2.44. The van der Waals surface area contributed by atoms with E-state index < -0.39 is 0 Å². The van der Waals surface area contributed by atoms with Crippen molar-refractivity contribution in [3.8, 4) is 0 Å². The molecule has 0 unspecified atom stereocenters. The lowest BCUT2D eigenvalue weighted by Crippen LogP contribution is -2.37. The molecule has 160 valence electrons. The summed E-state index contributed by atoms with van der Waals surface area (Å²) in [7, 11) is 0. The maximum Gasteiger partial charge on any atom is 0.282 e. The van der Waals surface area contributed by atoms with Crippen molar-refractivity contribution >= 4 is 28.8 Å². The number of hydrogen-bond donors (Lipinski definition) is 0. The van der Waals surface area contributed by atoms with Crippen LogP contribution in [0.4, 0.5) is 11.4 Å². The van der Waals surface area contributed by atoms with Crippen molar-refractivity contribution in [1.82, 2.24) is 0 Å². The fourth-order valence-corrected chi connectivity index (χ4v) is 4.69. The second kappa shape index (κ2) is 7.79. The molecule has 4 nitrogen and oxygen atoms in total. The van der Waals surface area contributed by atoms with Gasteiger partial charge in [0.1, 0.15) is 5.70 Å². The zero-order valence-electron chi connectivity index (χ0n) is 18.7. The molecule has 0 bridgehead atoms. The number of carbonyl (C=O) groups excluding carboxylic acids is 2. The number of hydrogen-bond acceptors (Lipinski definition) is 3. The van der Waals surface area contributed by atoms with Gasteiger partial charge in [-0.05, 0) is 68.0 Å². The number of para-hydroxylation sites is 1. The van der Waals surface area contributed by atoms with Crippen LogP contribution < -0.4 is 9.80 Å². The van der Waals surface area contributed by atoms with Gasteiger partial charge in [-0.25, -0.2) is 4.90 Å². The zero-order valence-corrected chi connectivity index (χ0v) is 18.7. The predicted molar refractivity (Wildman–Crippen MR) is 129 cm³/mol. The van der Waals surface area contributed by atoms with Crippen molar-refractivity contribution in [2.45, 2.75) is 33.6 Å². The fourth-order valence-electron chi connectivity index (χ4n) is 4.69. The van der Waals surface area contributed by atoms with Gasteiger partial charge in [0.25, 0.3) is 11.8 Å². The second-order valence-electron chi connectivity index (χ2n) is 8.71. The summed E-state index contributed by atoms with van der Waals surface area (Å²) in [6.07, 6.45) is 1.91.